The van der Waals surface area contributed by atoms with Crippen LogP contribution in [0.2, 0.25) is 0 Å². The van der Waals surface area contributed by atoms with Crippen LogP contribution in [-0.4, -0.2) is 13.1 Å². The van der Waals surface area contributed by atoms with Crippen molar-refractivity contribution in [2.75, 3.05) is 13.1 Å². The molecule has 1 aromatic carbocycles. The van der Waals surface area contributed by atoms with Gasteiger partial charge in [-0.05, 0) is 42.0 Å². The predicted octanol–water partition coefficient (Wildman–Crippen LogP) is 3.13. The van der Waals surface area contributed by atoms with Gasteiger partial charge in [-0.1, -0.05) is 52.0 Å². The summed E-state index contributed by atoms with van der Waals surface area (Å²) < 4.78 is 0. The summed E-state index contributed by atoms with van der Waals surface area (Å²) in [5, 5.41) is 3.50. The molecule has 1 atom stereocenters. The molecule has 0 radical (unpaired) electrons. The van der Waals surface area contributed by atoms with Crippen molar-refractivity contribution in [3.05, 3.63) is 35.4 Å². The highest BCUT2D eigenvalue weighted by atomic mass is 14.9. The molecular formula is C16H28N2. The molecule has 0 amide bonds. The number of rotatable bonds is 7. The lowest BCUT2D eigenvalue weighted by Gasteiger charge is -2.19. The van der Waals surface area contributed by atoms with Crippen LogP contribution < -0.4 is 11.1 Å². The molecule has 2 nitrogen and oxygen atoms in total. The zero-order valence-corrected chi connectivity index (χ0v) is 12.2. The van der Waals surface area contributed by atoms with Crippen LogP contribution in [0.4, 0.5) is 0 Å². The fraction of sp³-hybridized carbons (Fsp3) is 0.625. The Morgan fingerprint density at radius 2 is 1.67 bits per heavy atom. The van der Waals surface area contributed by atoms with Gasteiger partial charge in [-0.2, -0.15) is 0 Å². The molecule has 0 aliphatic rings. The Labute approximate surface area is 112 Å². The van der Waals surface area contributed by atoms with E-state index in [0.29, 0.717) is 17.8 Å². The van der Waals surface area contributed by atoms with Gasteiger partial charge >= 0.3 is 0 Å². The van der Waals surface area contributed by atoms with E-state index in [4.69, 9.17) is 5.73 Å². The highest BCUT2D eigenvalue weighted by Crippen LogP contribution is 2.14. The van der Waals surface area contributed by atoms with E-state index in [2.05, 4.69) is 57.3 Å². The largest absolute Gasteiger partial charge is 0.330 e. The summed E-state index contributed by atoms with van der Waals surface area (Å²) in [6.07, 6.45) is 0. The summed E-state index contributed by atoms with van der Waals surface area (Å²) in [5.41, 5.74) is 8.52. The van der Waals surface area contributed by atoms with Gasteiger partial charge in [0.1, 0.15) is 0 Å². The molecule has 1 aromatic rings. The van der Waals surface area contributed by atoms with Crippen molar-refractivity contribution in [1.82, 2.24) is 5.32 Å². The van der Waals surface area contributed by atoms with Gasteiger partial charge in [0.2, 0.25) is 0 Å². The van der Waals surface area contributed by atoms with E-state index in [-0.39, 0.29) is 0 Å². The van der Waals surface area contributed by atoms with Gasteiger partial charge in [0.15, 0.2) is 0 Å². The van der Waals surface area contributed by atoms with E-state index in [1.165, 1.54) is 11.1 Å². The van der Waals surface area contributed by atoms with E-state index in [0.717, 1.165) is 19.6 Å². The minimum atomic E-state index is 0.569. The van der Waals surface area contributed by atoms with E-state index in [1.54, 1.807) is 0 Å². The van der Waals surface area contributed by atoms with Crippen LogP contribution in [0.25, 0.3) is 0 Å². The third kappa shape index (κ3) is 4.79. The SMILES string of the molecule is CC(C)c1ccc(CNCC(CN)C(C)C)cc1. The Balaban J connectivity index is 2.39. The molecule has 0 aromatic heterocycles. The zero-order chi connectivity index (χ0) is 13.5. The monoisotopic (exact) mass is 248 g/mol. The van der Waals surface area contributed by atoms with Crippen molar-refractivity contribution in [2.24, 2.45) is 17.6 Å². The van der Waals surface area contributed by atoms with Gasteiger partial charge in [0, 0.05) is 6.54 Å². The van der Waals surface area contributed by atoms with Crippen molar-refractivity contribution in [3.8, 4) is 0 Å². The molecule has 102 valence electrons. The fourth-order valence-corrected chi connectivity index (χ4v) is 2.01. The second-order valence-corrected chi connectivity index (χ2v) is 5.77. The summed E-state index contributed by atoms with van der Waals surface area (Å²) in [7, 11) is 0. The highest BCUT2D eigenvalue weighted by molar-refractivity contribution is 5.24. The molecule has 0 saturated carbocycles. The summed E-state index contributed by atoms with van der Waals surface area (Å²) in [6, 6.07) is 8.89. The Hall–Kier alpha value is -0.860. The minimum absolute atomic E-state index is 0.569. The standard InChI is InChI=1S/C16H28N2/c1-12(2)15-7-5-14(6-8-15)10-18-11-16(9-17)13(3)4/h5-8,12-13,16,18H,9-11,17H2,1-4H3. The first-order valence-corrected chi connectivity index (χ1v) is 7.04. The molecule has 0 aliphatic carbocycles. The third-order valence-electron chi connectivity index (χ3n) is 3.63. The molecule has 0 fully saturated rings. The lowest BCUT2D eigenvalue weighted by atomic mass is 9.96. The van der Waals surface area contributed by atoms with Gasteiger partial charge in [-0.25, -0.2) is 0 Å². The number of nitrogens with one attached hydrogen (secondary N) is 1. The zero-order valence-electron chi connectivity index (χ0n) is 12.2. The maximum absolute atomic E-state index is 5.77. The Bertz CT molecular complexity index is 327. The van der Waals surface area contributed by atoms with Crippen LogP contribution in [0, 0.1) is 11.8 Å². The Morgan fingerprint density at radius 3 is 2.11 bits per heavy atom. The van der Waals surface area contributed by atoms with Crippen molar-refractivity contribution in [1.29, 1.82) is 0 Å². The molecule has 1 unspecified atom stereocenters. The maximum Gasteiger partial charge on any atom is 0.0205 e. The minimum Gasteiger partial charge on any atom is -0.330 e. The molecule has 18 heavy (non-hydrogen) atoms. The van der Waals surface area contributed by atoms with Crippen LogP contribution in [-0.2, 0) is 6.54 Å². The topological polar surface area (TPSA) is 38.0 Å². The number of hydrogen-bond acceptors (Lipinski definition) is 2. The molecule has 3 N–H and O–H groups in total. The van der Waals surface area contributed by atoms with Gasteiger partial charge < -0.3 is 11.1 Å². The Kier molecular flexibility index (Phi) is 6.37. The molecular weight excluding hydrogens is 220 g/mol. The molecule has 0 spiro atoms. The van der Waals surface area contributed by atoms with E-state index in [9.17, 15) is 0 Å². The fourth-order valence-electron chi connectivity index (χ4n) is 2.01. The second kappa shape index (κ2) is 7.55. The average Bonchev–Trinajstić information content (AvgIpc) is 2.34. The first-order valence-electron chi connectivity index (χ1n) is 7.04. The molecule has 1 rings (SSSR count). The van der Waals surface area contributed by atoms with Crippen LogP contribution in [0.3, 0.4) is 0 Å². The lowest BCUT2D eigenvalue weighted by Crippen LogP contribution is -2.31. The first kappa shape index (κ1) is 15.2. The van der Waals surface area contributed by atoms with E-state index < -0.39 is 0 Å². The summed E-state index contributed by atoms with van der Waals surface area (Å²) >= 11 is 0. The number of benzene rings is 1. The molecule has 2 heteroatoms. The first-order chi connectivity index (χ1) is 8.54. The molecule has 0 saturated heterocycles. The normalized spacial score (nSPS) is 13.3. The van der Waals surface area contributed by atoms with Crippen LogP contribution in [0.1, 0.15) is 44.7 Å². The molecule has 0 heterocycles. The second-order valence-electron chi connectivity index (χ2n) is 5.77. The van der Waals surface area contributed by atoms with Gasteiger partial charge in [-0.15, -0.1) is 0 Å². The van der Waals surface area contributed by atoms with Gasteiger partial charge in [0.05, 0.1) is 0 Å². The lowest BCUT2D eigenvalue weighted by molar-refractivity contribution is 0.370. The molecule has 0 aliphatic heterocycles. The van der Waals surface area contributed by atoms with Crippen molar-refractivity contribution in [2.45, 2.75) is 40.2 Å². The van der Waals surface area contributed by atoms with Crippen LogP contribution in [0.15, 0.2) is 24.3 Å². The predicted molar refractivity (Wildman–Crippen MR) is 79.6 cm³/mol. The van der Waals surface area contributed by atoms with E-state index >= 15 is 0 Å². The third-order valence-corrected chi connectivity index (χ3v) is 3.63. The van der Waals surface area contributed by atoms with Crippen LogP contribution in [0.5, 0.6) is 0 Å². The van der Waals surface area contributed by atoms with Gasteiger partial charge in [0.25, 0.3) is 0 Å². The van der Waals surface area contributed by atoms with Crippen molar-refractivity contribution in [3.63, 3.8) is 0 Å². The number of hydrogen-bond donors (Lipinski definition) is 2. The maximum atomic E-state index is 5.77. The summed E-state index contributed by atoms with van der Waals surface area (Å²) in [5.74, 6) is 1.82. The summed E-state index contributed by atoms with van der Waals surface area (Å²) in [4.78, 5) is 0. The van der Waals surface area contributed by atoms with E-state index in [1.807, 2.05) is 0 Å². The average molecular weight is 248 g/mol. The number of nitrogens with two attached hydrogens (primary N) is 1. The summed E-state index contributed by atoms with van der Waals surface area (Å²) in [6.45, 7) is 11.6. The molecule has 0 bridgehead atoms. The Morgan fingerprint density at radius 1 is 1.06 bits per heavy atom. The van der Waals surface area contributed by atoms with Crippen molar-refractivity contribution >= 4 is 0 Å². The van der Waals surface area contributed by atoms with Gasteiger partial charge in [-0.3, -0.25) is 0 Å². The van der Waals surface area contributed by atoms with Crippen molar-refractivity contribution < 1.29 is 0 Å². The smallest absolute Gasteiger partial charge is 0.0205 e. The quantitative estimate of drug-likeness (QED) is 0.778. The highest BCUT2D eigenvalue weighted by Gasteiger charge is 2.10. The van der Waals surface area contributed by atoms with Crippen LogP contribution >= 0.6 is 0 Å².